The van der Waals surface area contributed by atoms with Crippen LogP contribution in [0.1, 0.15) is 45.0 Å². The van der Waals surface area contributed by atoms with Gasteiger partial charge in [0.1, 0.15) is 0 Å². The number of nitrogens with one attached hydrogen (secondary N) is 3. The second-order valence-electron chi connectivity index (χ2n) is 9.86. The number of carbonyl (C=O) groups is 2. The van der Waals surface area contributed by atoms with Gasteiger partial charge in [0.25, 0.3) is 5.91 Å². The molecular weight excluding hydrogens is 559 g/mol. The van der Waals surface area contributed by atoms with Crippen LogP contribution in [-0.2, 0) is 34.0 Å². The molecule has 0 saturated carbocycles. The second-order valence-corrected chi connectivity index (χ2v) is 11.6. The number of hydrogen-bond acceptors (Lipinski definition) is 5. The Morgan fingerprint density at radius 2 is 1.83 bits per heavy atom. The zero-order chi connectivity index (χ0) is 29.6. The van der Waals surface area contributed by atoms with Gasteiger partial charge in [0, 0.05) is 43.3 Å². The molecule has 2 aromatic carbocycles. The standard InChI is InChI=1S/C28H30F3N5O4S/c1-2-41(39,40)35-17-20-11-12-36(18-20)27(38)23-7-5-22(6-8-23)25(13-21-15-33-34-16-21)26(37)32-14-19-3-9-24(10-4-19)28(29,30)31/h2-10,15-16,20,25,35H,1,11-14,17-18H2,(H,32,37)(H,33,34)/t20-,25?/m1/s1. The molecule has 0 bridgehead atoms. The SMILES string of the molecule is C=CS(=O)(=O)NC[C@H]1CCN(C(=O)c2ccc(C(Cc3cn[nH]c3)C(=O)NCc3ccc(C(F)(F)F)cc3)cc2)C1. The molecule has 41 heavy (non-hydrogen) atoms. The Balaban J connectivity index is 1.41. The minimum atomic E-state index is -4.44. The minimum Gasteiger partial charge on any atom is -0.351 e. The van der Waals surface area contributed by atoms with Gasteiger partial charge in [0.2, 0.25) is 15.9 Å². The van der Waals surface area contributed by atoms with Crippen LogP contribution in [-0.4, -0.2) is 55.0 Å². The van der Waals surface area contributed by atoms with Crippen molar-refractivity contribution in [1.29, 1.82) is 0 Å². The van der Waals surface area contributed by atoms with Gasteiger partial charge >= 0.3 is 6.18 Å². The number of H-pyrrole nitrogens is 1. The molecule has 1 saturated heterocycles. The summed E-state index contributed by atoms with van der Waals surface area (Å²) in [6.45, 7) is 4.44. The van der Waals surface area contributed by atoms with E-state index in [4.69, 9.17) is 0 Å². The third kappa shape index (κ3) is 8.04. The minimum absolute atomic E-state index is 0.0133. The highest BCUT2D eigenvalue weighted by atomic mass is 32.2. The average molecular weight is 590 g/mol. The fraction of sp³-hybridized carbons (Fsp3) is 0.321. The predicted octanol–water partition coefficient (Wildman–Crippen LogP) is 3.60. The lowest BCUT2D eigenvalue weighted by atomic mass is 9.91. The highest BCUT2D eigenvalue weighted by molar-refractivity contribution is 7.92. The maximum absolute atomic E-state index is 13.2. The lowest BCUT2D eigenvalue weighted by Crippen LogP contribution is -2.32. The van der Waals surface area contributed by atoms with E-state index < -0.39 is 27.7 Å². The molecule has 3 N–H and O–H groups in total. The number of likely N-dealkylation sites (tertiary alicyclic amines) is 1. The van der Waals surface area contributed by atoms with Gasteiger partial charge in [-0.1, -0.05) is 30.8 Å². The first-order valence-electron chi connectivity index (χ1n) is 12.9. The predicted molar refractivity (Wildman–Crippen MR) is 146 cm³/mol. The third-order valence-corrected chi connectivity index (χ3v) is 7.99. The van der Waals surface area contributed by atoms with E-state index in [9.17, 15) is 31.2 Å². The fourth-order valence-electron chi connectivity index (χ4n) is 4.63. The summed E-state index contributed by atoms with van der Waals surface area (Å²) < 4.78 is 64.2. The Labute approximate surface area is 235 Å². The molecule has 2 heterocycles. The summed E-state index contributed by atoms with van der Waals surface area (Å²) in [5, 5.41) is 10.3. The first-order chi connectivity index (χ1) is 19.4. The summed E-state index contributed by atoms with van der Waals surface area (Å²) in [5.41, 5.74) is 1.64. The van der Waals surface area contributed by atoms with Crippen LogP contribution in [0.4, 0.5) is 13.2 Å². The van der Waals surface area contributed by atoms with Gasteiger partial charge < -0.3 is 10.2 Å². The van der Waals surface area contributed by atoms with Crippen LogP contribution in [0.25, 0.3) is 0 Å². The summed E-state index contributed by atoms with van der Waals surface area (Å²) in [7, 11) is -3.53. The van der Waals surface area contributed by atoms with Crippen molar-refractivity contribution in [3.8, 4) is 0 Å². The van der Waals surface area contributed by atoms with E-state index in [1.54, 1.807) is 41.6 Å². The Hall–Kier alpha value is -3.97. The van der Waals surface area contributed by atoms with Crippen molar-refractivity contribution in [2.24, 2.45) is 5.92 Å². The van der Waals surface area contributed by atoms with Crippen molar-refractivity contribution in [2.45, 2.75) is 31.5 Å². The number of halogens is 3. The molecule has 3 aromatic rings. The highest BCUT2D eigenvalue weighted by Crippen LogP contribution is 2.29. The van der Waals surface area contributed by atoms with Crippen molar-refractivity contribution in [2.75, 3.05) is 19.6 Å². The number of hydrogen-bond donors (Lipinski definition) is 3. The molecule has 218 valence electrons. The van der Waals surface area contributed by atoms with Crippen molar-refractivity contribution >= 4 is 21.8 Å². The van der Waals surface area contributed by atoms with Gasteiger partial charge in [-0.15, -0.1) is 0 Å². The van der Waals surface area contributed by atoms with Crippen LogP contribution in [0.15, 0.2) is 72.9 Å². The fourth-order valence-corrected chi connectivity index (χ4v) is 5.21. The van der Waals surface area contributed by atoms with Crippen molar-refractivity contribution in [1.82, 2.24) is 25.1 Å². The van der Waals surface area contributed by atoms with Gasteiger partial charge in [-0.2, -0.15) is 18.3 Å². The van der Waals surface area contributed by atoms with Crippen LogP contribution in [0.3, 0.4) is 0 Å². The molecule has 2 amide bonds. The third-order valence-electron chi connectivity index (χ3n) is 6.98. The number of nitrogens with zero attached hydrogens (tertiary/aromatic N) is 2. The summed E-state index contributed by atoms with van der Waals surface area (Å²) in [5.74, 6) is -1.17. The topological polar surface area (TPSA) is 124 Å². The zero-order valence-corrected chi connectivity index (χ0v) is 22.8. The lowest BCUT2D eigenvalue weighted by Gasteiger charge is -2.19. The number of alkyl halides is 3. The van der Waals surface area contributed by atoms with E-state index in [1.807, 2.05) is 0 Å². The van der Waals surface area contributed by atoms with E-state index in [0.717, 1.165) is 23.1 Å². The molecule has 1 unspecified atom stereocenters. The van der Waals surface area contributed by atoms with E-state index >= 15 is 0 Å². The molecule has 1 aliphatic rings. The molecule has 4 rings (SSSR count). The van der Waals surface area contributed by atoms with Gasteiger partial charge in [-0.05, 0) is 59.7 Å². The molecule has 9 nitrogen and oxygen atoms in total. The summed E-state index contributed by atoms with van der Waals surface area (Å²) in [6, 6.07) is 11.3. The van der Waals surface area contributed by atoms with E-state index in [1.165, 1.54) is 12.1 Å². The first-order valence-corrected chi connectivity index (χ1v) is 14.4. The summed E-state index contributed by atoms with van der Waals surface area (Å²) in [4.78, 5) is 28.0. The Kier molecular flexibility index (Phi) is 9.28. The Morgan fingerprint density at radius 1 is 1.12 bits per heavy atom. The molecular formula is C28H30F3N5O4S. The van der Waals surface area contributed by atoms with Gasteiger partial charge in [0.05, 0.1) is 17.7 Å². The number of amides is 2. The van der Waals surface area contributed by atoms with Crippen LogP contribution in [0, 0.1) is 5.92 Å². The van der Waals surface area contributed by atoms with Gasteiger partial charge in [-0.3, -0.25) is 14.7 Å². The average Bonchev–Trinajstić information content (AvgIpc) is 3.66. The van der Waals surface area contributed by atoms with Crippen molar-refractivity contribution in [3.63, 3.8) is 0 Å². The number of aromatic nitrogens is 2. The van der Waals surface area contributed by atoms with Crippen LogP contribution in [0.5, 0.6) is 0 Å². The van der Waals surface area contributed by atoms with Crippen LogP contribution < -0.4 is 10.0 Å². The quantitative estimate of drug-likeness (QED) is 0.315. The highest BCUT2D eigenvalue weighted by Gasteiger charge is 2.30. The second kappa shape index (κ2) is 12.7. The van der Waals surface area contributed by atoms with Gasteiger partial charge in [-0.25, -0.2) is 13.1 Å². The molecule has 2 atom stereocenters. The van der Waals surface area contributed by atoms with Crippen molar-refractivity contribution < 1.29 is 31.2 Å². The Bertz CT molecular complexity index is 1460. The monoisotopic (exact) mass is 589 g/mol. The molecule has 1 aliphatic heterocycles. The van der Waals surface area contributed by atoms with E-state index in [2.05, 4.69) is 26.8 Å². The molecule has 0 spiro atoms. The first kappa shape index (κ1) is 30.0. The number of rotatable bonds is 11. The van der Waals surface area contributed by atoms with Gasteiger partial charge in [0.15, 0.2) is 0 Å². The van der Waals surface area contributed by atoms with Crippen LogP contribution in [0.2, 0.25) is 0 Å². The molecule has 1 aromatic heterocycles. The lowest BCUT2D eigenvalue weighted by molar-refractivity contribution is -0.137. The number of benzene rings is 2. The maximum Gasteiger partial charge on any atom is 0.416 e. The zero-order valence-electron chi connectivity index (χ0n) is 22.0. The van der Waals surface area contributed by atoms with Crippen molar-refractivity contribution in [3.05, 3.63) is 101 Å². The molecule has 0 radical (unpaired) electrons. The smallest absolute Gasteiger partial charge is 0.351 e. The molecule has 1 fully saturated rings. The largest absolute Gasteiger partial charge is 0.416 e. The van der Waals surface area contributed by atoms with Crippen LogP contribution >= 0.6 is 0 Å². The maximum atomic E-state index is 13.2. The summed E-state index contributed by atoms with van der Waals surface area (Å²) in [6.07, 6.45) is -0.181. The normalized spacial score (nSPS) is 16.4. The number of carbonyl (C=O) groups excluding carboxylic acids is 2. The molecule has 13 heteroatoms. The Morgan fingerprint density at radius 3 is 2.44 bits per heavy atom. The number of aromatic amines is 1. The number of sulfonamides is 1. The van der Waals surface area contributed by atoms with E-state index in [0.29, 0.717) is 42.6 Å². The van der Waals surface area contributed by atoms with E-state index in [-0.39, 0.29) is 30.8 Å². The summed E-state index contributed by atoms with van der Waals surface area (Å²) >= 11 is 0. The molecule has 0 aliphatic carbocycles.